The lowest BCUT2D eigenvalue weighted by molar-refractivity contribution is 0.103. The van der Waals surface area contributed by atoms with Crippen molar-refractivity contribution in [2.75, 3.05) is 18.0 Å². The minimum absolute atomic E-state index is 0.0580. The number of para-hydroxylation sites is 1. The van der Waals surface area contributed by atoms with E-state index in [-0.39, 0.29) is 5.78 Å². The summed E-state index contributed by atoms with van der Waals surface area (Å²) in [5, 5.41) is 7.73. The molecular formula is C17H19N3O. The lowest BCUT2D eigenvalue weighted by Gasteiger charge is -2.33. The first-order valence-electron chi connectivity index (χ1n) is 7.42. The van der Waals surface area contributed by atoms with Crippen LogP contribution in [0.4, 0.5) is 5.69 Å². The van der Waals surface area contributed by atoms with Gasteiger partial charge in [-0.05, 0) is 43.0 Å². The number of anilines is 1. The highest BCUT2D eigenvalue weighted by molar-refractivity contribution is 6.11. The number of piperidine rings is 1. The van der Waals surface area contributed by atoms with Crippen LogP contribution in [0.5, 0.6) is 0 Å². The summed E-state index contributed by atoms with van der Waals surface area (Å²) in [5.74, 6) is 0.710. The molecule has 4 heteroatoms. The molecule has 0 unspecified atom stereocenters. The van der Waals surface area contributed by atoms with Crippen LogP contribution in [0.15, 0.2) is 42.6 Å². The zero-order valence-electron chi connectivity index (χ0n) is 12.2. The van der Waals surface area contributed by atoms with E-state index < -0.39 is 0 Å². The Bertz CT molecular complexity index is 619. The molecule has 21 heavy (non-hydrogen) atoms. The fraction of sp³-hybridized carbons (Fsp3) is 0.353. The summed E-state index contributed by atoms with van der Waals surface area (Å²) in [6.07, 6.45) is 3.93. The Labute approximate surface area is 124 Å². The molecule has 0 bridgehead atoms. The van der Waals surface area contributed by atoms with Crippen LogP contribution >= 0.6 is 0 Å². The molecule has 4 nitrogen and oxygen atoms in total. The molecule has 0 amide bonds. The molecule has 2 aromatic rings. The first-order chi connectivity index (χ1) is 10.3. The van der Waals surface area contributed by atoms with E-state index in [1.165, 1.54) is 12.8 Å². The maximum Gasteiger partial charge on any atom is 0.215 e. The average Bonchev–Trinajstić information content (AvgIpc) is 2.56. The molecule has 0 saturated carbocycles. The van der Waals surface area contributed by atoms with E-state index in [1.807, 2.05) is 24.3 Å². The van der Waals surface area contributed by atoms with E-state index in [1.54, 1.807) is 18.3 Å². The molecule has 2 heterocycles. The number of benzene rings is 1. The van der Waals surface area contributed by atoms with Crippen LogP contribution in [0, 0.1) is 5.92 Å². The fourth-order valence-corrected chi connectivity index (χ4v) is 2.75. The lowest BCUT2D eigenvalue weighted by Crippen LogP contribution is -2.33. The summed E-state index contributed by atoms with van der Waals surface area (Å²) in [7, 11) is 0. The van der Waals surface area contributed by atoms with Crippen molar-refractivity contribution in [2.24, 2.45) is 5.92 Å². The molecule has 1 saturated heterocycles. The summed E-state index contributed by atoms with van der Waals surface area (Å²) in [5.41, 5.74) is 2.13. The van der Waals surface area contributed by atoms with Crippen molar-refractivity contribution in [1.82, 2.24) is 10.2 Å². The Balaban J connectivity index is 1.91. The van der Waals surface area contributed by atoms with Gasteiger partial charge in [-0.15, -0.1) is 5.10 Å². The third-order valence-corrected chi connectivity index (χ3v) is 4.08. The van der Waals surface area contributed by atoms with Crippen molar-refractivity contribution in [1.29, 1.82) is 0 Å². The van der Waals surface area contributed by atoms with Crippen LogP contribution < -0.4 is 4.90 Å². The van der Waals surface area contributed by atoms with Crippen LogP contribution in [0.3, 0.4) is 0 Å². The maximum absolute atomic E-state index is 12.6. The van der Waals surface area contributed by atoms with Gasteiger partial charge in [-0.3, -0.25) is 4.79 Å². The highest BCUT2D eigenvalue weighted by Crippen LogP contribution is 2.27. The number of ketones is 1. The number of hydrogen-bond acceptors (Lipinski definition) is 4. The predicted molar refractivity (Wildman–Crippen MR) is 82.5 cm³/mol. The Morgan fingerprint density at radius 1 is 1.14 bits per heavy atom. The van der Waals surface area contributed by atoms with E-state index in [9.17, 15) is 4.79 Å². The lowest BCUT2D eigenvalue weighted by atomic mass is 9.97. The first-order valence-corrected chi connectivity index (χ1v) is 7.42. The SMILES string of the molecule is CC1CCN(c2ccccc2C(=O)c2cccnn2)CC1. The Morgan fingerprint density at radius 3 is 2.62 bits per heavy atom. The second-order valence-electron chi connectivity index (χ2n) is 5.62. The molecule has 1 aromatic carbocycles. The van der Waals surface area contributed by atoms with E-state index >= 15 is 0 Å². The quantitative estimate of drug-likeness (QED) is 0.811. The Kier molecular flexibility index (Phi) is 3.95. The number of hydrogen-bond donors (Lipinski definition) is 0. The molecule has 108 valence electrons. The topological polar surface area (TPSA) is 46.1 Å². The smallest absolute Gasteiger partial charge is 0.215 e. The first kappa shape index (κ1) is 13.7. The van der Waals surface area contributed by atoms with Gasteiger partial charge in [-0.25, -0.2) is 0 Å². The van der Waals surface area contributed by atoms with Crippen molar-refractivity contribution < 1.29 is 4.79 Å². The molecule has 3 rings (SSSR count). The van der Waals surface area contributed by atoms with Gasteiger partial charge in [0.05, 0.1) is 0 Å². The van der Waals surface area contributed by atoms with E-state index in [0.29, 0.717) is 11.3 Å². The average molecular weight is 281 g/mol. The minimum atomic E-state index is -0.0580. The van der Waals surface area contributed by atoms with Gasteiger partial charge in [0.15, 0.2) is 0 Å². The summed E-state index contributed by atoms with van der Waals surface area (Å²) >= 11 is 0. The molecule has 0 N–H and O–H groups in total. The van der Waals surface area contributed by atoms with Crippen molar-refractivity contribution in [3.05, 3.63) is 53.9 Å². The largest absolute Gasteiger partial charge is 0.371 e. The van der Waals surface area contributed by atoms with Gasteiger partial charge in [0, 0.05) is 30.5 Å². The molecule has 1 aromatic heterocycles. The standard InChI is InChI=1S/C17H19N3O/c1-13-8-11-20(12-9-13)16-7-3-2-5-14(16)17(21)15-6-4-10-18-19-15/h2-7,10,13H,8-9,11-12H2,1H3. The maximum atomic E-state index is 12.6. The molecule has 0 spiro atoms. The van der Waals surface area contributed by atoms with Crippen LogP contribution in [0.2, 0.25) is 0 Å². The number of rotatable bonds is 3. The van der Waals surface area contributed by atoms with Crippen LogP contribution in [0.1, 0.15) is 35.8 Å². The predicted octanol–water partition coefficient (Wildman–Crippen LogP) is 2.94. The molecule has 0 aliphatic carbocycles. The van der Waals surface area contributed by atoms with Crippen molar-refractivity contribution in [2.45, 2.75) is 19.8 Å². The minimum Gasteiger partial charge on any atom is -0.371 e. The highest BCUT2D eigenvalue weighted by atomic mass is 16.1. The number of carbonyl (C=O) groups is 1. The van der Waals surface area contributed by atoms with Crippen molar-refractivity contribution >= 4 is 11.5 Å². The fourth-order valence-electron chi connectivity index (χ4n) is 2.75. The van der Waals surface area contributed by atoms with Gasteiger partial charge in [-0.2, -0.15) is 5.10 Å². The third kappa shape index (κ3) is 2.94. The zero-order chi connectivity index (χ0) is 14.7. The third-order valence-electron chi connectivity index (χ3n) is 4.08. The van der Waals surface area contributed by atoms with Gasteiger partial charge >= 0.3 is 0 Å². The van der Waals surface area contributed by atoms with Crippen LogP contribution in [-0.2, 0) is 0 Å². The van der Waals surface area contributed by atoms with Gasteiger partial charge in [-0.1, -0.05) is 19.1 Å². The second-order valence-corrected chi connectivity index (χ2v) is 5.62. The molecule has 1 fully saturated rings. The summed E-state index contributed by atoms with van der Waals surface area (Å²) in [6.45, 7) is 4.30. The Morgan fingerprint density at radius 2 is 1.90 bits per heavy atom. The van der Waals surface area contributed by atoms with Crippen molar-refractivity contribution in [3.8, 4) is 0 Å². The summed E-state index contributed by atoms with van der Waals surface area (Å²) in [4.78, 5) is 15.0. The highest BCUT2D eigenvalue weighted by Gasteiger charge is 2.21. The normalized spacial score (nSPS) is 16.0. The number of carbonyl (C=O) groups excluding carboxylic acids is 1. The monoisotopic (exact) mass is 281 g/mol. The molecule has 0 atom stereocenters. The van der Waals surface area contributed by atoms with Crippen molar-refractivity contribution in [3.63, 3.8) is 0 Å². The van der Waals surface area contributed by atoms with Crippen LogP contribution in [0.25, 0.3) is 0 Å². The molecule has 1 aliphatic rings. The van der Waals surface area contributed by atoms with Gasteiger partial charge < -0.3 is 4.90 Å². The zero-order valence-corrected chi connectivity index (χ0v) is 12.2. The number of aromatic nitrogens is 2. The van der Waals surface area contributed by atoms with E-state index in [4.69, 9.17) is 0 Å². The van der Waals surface area contributed by atoms with Crippen LogP contribution in [-0.4, -0.2) is 29.1 Å². The molecule has 0 radical (unpaired) electrons. The summed E-state index contributed by atoms with van der Waals surface area (Å²) < 4.78 is 0. The Hall–Kier alpha value is -2.23. The molecule has 1 aliphatic heterocycles. The van der Waals surface area contributed by atoms with Gasteiger partial charge in [0.2, 0.25) is 5.78 Å². The number of nitrogens with zero attached hydrogens (tertiary/aromatic N) is 3. The van der Waals surface area contributed by atoms with Gasteiger partial charge in [0.1, 0.15) is 5.69 Å². The summed E-state index contributed by atoms with van der Waals surface area (Å²) in [6, 6.07) is 11.3. The van der Waals surface area contributed by atoms with E-state index in [0.717, 1.165) is 24.7 Å². The van der Waals surface area contributed by atoms with Gasteiger partial charge in [0.25, 0.3) is 0 Å². The second kappa shape index (κ2) is 6.04. The molecular weight excluding hydrogens is 262 g/mol. The van der Waals surface area contributed by atoms with E-state index in [2.05, 4.69) is 22.0 Å².